The van der Waals surface area contributed by atoms with Gasteiger partial charge in [0.2, 0.25) is 0 Å². The molecule has 0 saturated heterocycles. The number of hydrogen-bond donors (Lipinski definition) is 1. The van der Waals surface area contributed by atoms with Gasteiger partial charge in [0, 0.05) is 16.6 Å². The third-order valence-electron chi connectivity index (χ3n) is 2.13. The maximum atomic E-state index is 13.5. The second kappa shape index (κ2) is 4.07. The fourth-order valence-corrected chi connectivity index (χ4v) is 1.51. The summed E-state index contributed by atoms with van der Waals surface area (Å²) in [5, 5.41) is 0.414. The molecule has 1 atom stereocenters. The van der Waals surface area contributed by atoms with Gasteiger partial charge in [-0.15, -0.1) is 0 Å². The summed E-state index contributed by atoms with van der Waals surface area (Å²) in [6, 6.07) is 3.03. The summed E-state index contributed by atoms with van der Waals surface area (Å²) in [6.45, 7) is 3.61. The summed E-state index contributed by atoms with van der Waals surface area (Å²) in [7, 11) is 0. The molecule has 1 rings (SSSR count). The van der Waals surface area contributed by atoms with Gasteiger partial charge in [0.15, 0.2) is 0 Å². The fraction of sp³-hybridized carbons (Fsp3) is 0.400. The van der Waals surface area contributed by atoms with Gasteiger partial charge in [-0.05, 0) is 25.0 Å². The maximum Gasteiger partial charge on any atom is 0.132 e. The maximum absolute atomic E-state index is 13.5. The van der Waals surface area contributed by atoms with Gasteiger partial charge in [0.25, 0.3) is 0 Å². The lowest BCUT2D eigenvalue weighted by Crippen LogP contribution is -2.12. The first kappa shape index (κ1) is 10.5. The van der Waals surface area contributed by atoms with Gasteiger partial charge in [-0.2, -0.15) is 0 Å². The number of nitrogens with two attached hydrogens (primary N) is 1. The van der Waals surface area contributed by atoms with E-state index < -0.39 is 0 Å². The Labute approximate surface area is 82.7 Å². The van der Waals surface area contributed by atoms with Crippen LogP contribution in [0.1, 0.15) is 30.5 Å². The van der Waals surface area contributed by atoms with E-state index in [2.05, 4.69) is 0 Å². The van der Waals surface area contributed by atoms with Crippen LogP contribution in [-0.4, -0.2) is 0 Å². The highest BCUT2D eigenvalue weighted by molar-refractivity contribution is 6.31. The average Bonchev–Trinajstić information content (AvgIpc) is 2.12. The minimum Gasteiger partial charge on any atom is -0.324 e. The molecule has 0 saturated carbocycles. The molecule has 0 aromatic heterocycles. The molecule has 0 aliphatic carbocycles. The zero-order valence-electron chi connectivity index (χ0n) is 7.77. The largest absolute Gasteiger partial charge is 0.324 e. The van der Waals surface area contributed by atoms with E-state index in [9.17, 15) is 4.39 Å². The molecular weight excluding hydrogens is 189 g/mol. The highest BCUT2D eigenvalue weighted by Crippen LogP contribution is 2.27. The monoisotopic (exact) mass is 201 g/mol. The van der Waals surface area contributed by atoms with E-state index in [0.717, 1.165) is 0 Å². The molecule has 1 nitrogen and oxygen atoms in total. The predicted octanol–water partition coefficient (Wildman–Crippen LogP) is 3.20. The molecule has 2 N–H and O–H groups in total. The van der Waals surface area contributed by atoms with Gasteiger partial charge in [0.05, 0.1) is 0 Å². The van der Waals surface area contributed by atoms with Crippen molar-refractivity contribution in [2.24, 2.45) is 5.73 Å². The summed E-state index contributed by atoms with van der Waals surface area (Å²) in [6.07, 6.45) is 0.681. The molecular formula is C10H13ClFN. The molecule has 0 spiro atoms. The van der Waals surface area contributed by atoms with Crippen LogP contribution in [0.3, 0.4) is 0 Å². The first-order chi connectivity index (χ1) is 6.07. The molecule has 0 aliphatic heterocycles. The van der Waals surface area contributed by atoms with Crippen molar-refractivity contribution >= 4 is 11.6 Å². The van der Waals surface area contributed by atoms with Crippen LogP contribution in [-0.2, 0) is 0 Å². The van der Waals surface area contributed by atoms with Crippen LogP contribution in [0, 0.1) is 12.7 Å². The molecule has 13 heavy (non-hydrogen) atoms. The molecule has 0 radical (unpaired) electrons. The molecule has 0 bridgehead atoms. The van der Waals surface area contributed by atoms with Crippen LogP contribution in [0.25, 0.3) is 0 Å². The van der Waals surface area contributed by atoms with Gasteiger partial charge in [-0.25, -0.2) is 4.39 Å². The minimum absolute atomic E-state index is 0.276. The quantitative estimate of drug-likeness (QED) is 0.782. The van der Waals surface area contributed by atoms with Crippen LogP contribution < -0.4 is 5.73 Å². The van der Waals surface area contributed by atoms with Gasteiger partial charge < -0.3 is 5.73 Å². The number of halogens is 2. The van der Waals surface area contributed by atoms with Crippen molar-refractivity contribution in [2.75, 3.05) is 0 Å². The number of rotatable bonds is 2. The predicted molar refractivity (Wildman–Crippen MR) is 53.4 cm³/mol. The van der Waals surface area contributed by atoms with Crippen LogP contribution in [0.2, 0.25) is 5.02 Å². The van der Waals surface area contributed by atoms with Gasteiger partial charge >= 0.3 is 0 Å². The van der Waals surface area contributed by atoms with Crippen LogP contribution >= 0.6 is 11.6 Å². The highest BCUT2D eigenvalue weighted by Gasteiger charge is 2.15. The fourth-order valence-electron chi connectivity index (χ4n) is 1.22. The first-order valence-corrected chi connectivity index (χ1v) is 4.65. The number of hydrogen-bond acceptors (Lipinski definition) is 1. The molecule has 72 valence electrons. The zero-order valence-corrected chi connectivity index (χ0v) is 8.53. The standard InChI is InChI=1S/C10H13ClFN/c1-3-8(13)9-7(11)5-4-6(2)10(9)12/h4-5,8H,3,13H2,1-2H3/t8-/m1/s1. The van der Waals surface area contributed by atoms with Gasteiger partial charge in [0.1, 0.15) is 5.82 Å². The Morgan fingerprint density at radius 1 is 1.54 bits per heavy atom. The second-order valence-corrected chi connectivity index (χ2v) is 3.51. The van der Waals surface area contributed by atoms with E-state index in [-0.39, 0.29) is 11.9 Å². The SMILES string of the molecule is CC[C@@H](N)c1c(Cl)ccc(C)c1F. The molecule has 0 heterocycles. The molecule has 0 aliphatic rings. The van der Waals surface area contributed by atoms with Crippen molar-refractivity contribution in [3.8, 4) is 0 Å². The Bertz CT molecular complexity index is 312. The van der Waals surface area contributed by atoms with Crippen LogP contribution in [0.15, 0.2) is 12.1 Å². The second-order valence-electron chi connectivity index (χ2n) is 3.11. The van der Waals surface area contributed by atoms with E-state index in [1.807, 2.05) is 6.92 Å². The Hall–Kier alpha value is -0.600. The Kier molecular flexibility index (Phi) is 3.28. The van der Waals surface area contributed by atoms with Crippen molar-refractivity contribution in [1.29, 1.82) is 0 Å². The van der Waals surface area contributed by atoms with Crippen molar-refractivity contribution in [1.82, 2.24) is 0 Å². The summed E-state index contributed by atoms with van der Waals surface area (Å²) >= 11 is 5.86. The van der Waals surface area contributed by atoms with E-state index in [4.69, 9.17) is 17.3 Å². The molecule has 0 fully saturated rings. The molecule has 3 heteroatoms. The zero-order chi connectivity index (χ0) is 10.0. The molecule has 1 aromatic carbocycles. The van der Waals surface area contributed by atoms with Crippen molar-refractivity contribution in [3.63, 3.8) is 0 Å². The Morgan fingerprint density at radius 2 is 2.15 bits per heavy atom. The number of benzene rings is 1. The van der Waals surface area contributed by atoms with Crippen molar-refractivity contribution in [2.45, 2.75) is 26.3 Å². The van der Waals surface area contributed by atoms with E-state index in [1.54, 1.807) is 19.1 Å². The summed E-state index contributed by atoms with van der Waals surface area (Å²) in [5.74, 6) is -0.276. The van der Waals surface area contributed by atoms with Crippen molar-refractivity contribution < 1.29 is 4.39 Å². The first-order valence-electron chi connectivity index (χ1n) is 4.28. The Morgan fingerprint density at radius 3 is 2.69 bits per heavy atom. The summed E-state index contributed by atoms with van der Waals surface area (Å²) in [4.78, 5) is 0. The van der Waals surface area contributed by atoms with Crippen LogP contribution in [0.5, 0.6) is 0 Å². The van der Waals surface area contributed by atoms with Crippen LogP contribution in [0.4, 0.5) is 4.39 Å². The third-order valence-corrected chi connectivity index (χ3v) is 2.46. The Balaban J connectivity index is 3.25. The smallest absolute Gasteiger partial charge is 0.132 e. The minimum atomic E-state index is -0.313. The lowest BCUT2D eigenvalue weighted by molar-refractivity contribution is 0.568. The summed E-state index contributed by atoms with van der Waals surface area (Å²) < 4.78 is 13.5. The number of aryl methyl sites for hydroxylation is 1. The molecule has 0 unspecified atom stereocenters. The van der Waals surface area contributed by atoms with E-state index in [0.29, 0.717) is 22.6 Å². The summed E-state index contributed by atoms with van der Waals surface area (Å²) in [5.41, 5.74) is 6.76. The van der Waals surface area contributed by atoms with Gasteiger partial charge in [-0.1, -0.05) is 24.6 Å². The molecule has 1 aromatic rings. The average molecular weight is 202 g/mol. The third kappa shape index (κ3) is 2.01. The van der Waals surface area contributed by atoms with E-state index >= 15 is 0 Å². The topological polar surface area (TPSA) is 26.0 Å². The lowest BCUT2D eigenvalue weighted by atomic mass is 10.0. The highest BCUT2D eigenvalue weighted by atomic mass is 35.5. The van der Waals surface area contributed by atoms with Crippen molar-refractivity contribution in [3.05, 3.63) is 34.1 Å². The normalized spacial score (nSPS) is 13.0. The molecule has 0 amide bonds. The van der Waals surface area contributed by atoms with Gasteiger partial charge in [-0.3, -0.25) is 0 Å². The van der Waals surface area contributed by atoms with E-state index in [1.165, 1.54) is 0 Å². The lowest BCUT2D eigenvalue weighted by Gasteiger charge is -2.13.